The van der Waals surface area contributed by atoms with E-state index in [9.17, 15) is 13.2 Å². The van der Waals surface area contributed by atoms with E-state index in [4.69, 9.17) is 5.11 Å². The van der Waals surface area contributed by atoms with Crippen LogP contribution in [-0.2, 0) is 10.0 Å². The summed E-state index contributed by atoms with van der Waals surface area (Å²) in [7, 11) is -3.59. The maximum Gasteiger partial charge on any atom is 0.353 e. The van der Waals surface area contributed by atoms with Crippen LogP contribution in [-0.4, -0.2) is 40.9 Å². The molecule has 8 heteroatoms. The van der Waals surface area contributed by atoms with Gasteiger partial charge in [-0.3, -0.25) is 3.97 Å². The molecule has 130 valence electrons. The largest absolute Gasteiger partial charge is 0.477 e. The molecule has 0 aliphatic carbocycles. The number of hydrogen-bond acceptors (Lipinski definition) is 4. The van der Waals surface area contributed by atoms with Crippen molar-refractivity contribution in [2.24, 2.45) is 11.8 Å². The monoisotopic (exact) mass is 368 g/mol. The third-order valence-corrected chi connectivity index (χ3v) is 6.70. The number of piperidine rings is 1. The first-order valence-electron chi connectivity index (χ1n) is 7.78. The molecule has 1 aromatic carbocycles. The van der Waals surface area contributed by atoms with Crippen molar-refractivity contribution < 1.29 is 18.3 Å². The number of benzene rings is 1. The van der Waals surface area contributed by atoms with E-state index in [2.05, 4.69) is 26.7 Å². The first-order chi connectivity index (χ1) is 11.2. The zero-order valence-electron chi connectivity index (χ0n) is 13.5. The van der Waals surface area contributed by atoms with Crippen molar-refractivity contribution in [2.45, 2.75) is 25.2 Å². The lowest BCUT2D eigenvalue weighted by atomic mass is 9.94. The normalized spacial score (nSPS) is 22.8. The fraction of sp³-hybridized carbons (Fsp3) is 0.438. The molecule has 2 heterocycles. The van der Waals surface area contributed by atoms with Crippen LogP contribution >= 0.6 is 12.8 Å². The molecule has 1 fully saturated rings. The van der Waals surface area contributed by atoms with Gasteiger partial charge < -0.3 is 5.11 Å². The standard InChI is InChI=1S/C16H20N2O4S2/c1-10-5-11(2)9-17(8-10)24(21,22)13-3-4-14-12(6-13)7-15(16(19)20)18(14)23/h3-4,6-7,10-11,23H,5,8-9H2,1-2H3,(H,19,20). The number of aromatic nitrogens is 1. The molecule has 3 rings (SSSR count). The predicted octanol–water partition coefficient (Wildman–Crippen LogP) is 2.70. The molecule has 1 aliphatic rings. The van der Waals surface area contributed by atoms with Crippen LogP contribution < -0.4 is 0 Å². The Bertz CT molecular complexity index is 894. The summed E-state index contributed by atoms with van der Waals surface area (Å²) in [6.07, 6.45) is 1.02. The molecule has 0 radical (unpaired) electrons. The minimum atomic E-state index is -3.59. The Kier molecular flexibility index (Phi) is 4.39. The maximum absolute atomic E-state index is 12.9. The highest BCUT2D eigenvalue weighted by atomic mass is 32.2. The van der Waals surface area contributed by atoms with Crippen molar-refractivity contribution >= 4 is 39.7 Å². The fourth-order valence-electron chi connectivity index (χ4n) is 3.44. The van der Waals surface area contributed by atoms with E-state index in [1.807, 2.05) is 0 Å². The number of hydrogen-bond donors (Lipinski definition) is 2. The van der Waals surface area contributed by atoms with Gasteiger partial charge in [0, 0.05) is 18.5 Å². The van der Waals surface area contributed by atoms with Gasteiger partial charge in [0.25, 0.3) is 0 Å². The number of carbonyl (C=O) groups is 1. The van der Waals surface area contributed by atoms with Gasteiger partial charge in [-0.2, -0.15) is 4.31 Å². The van der Waals surface area contributed by atoms with E-state index in [1.165, 1.54) is 26.5 Å². The summed E-state index contributed by atoms with van der Waals surface area (Å²) in [4.78, 5) is 11.4. The van der Waals surface area contributed by atoms with Crippen LogP contribution in [0, 0.1) is 11.8 Å². The van der Waals surface area contributed by atoms with Crippen molar-refractivity contribution in [3.63, 3.8) is 0 Å². The number of aromatic carboxylic acids is 1. The van der Waals surface area contributed by atoms with E-state index in [0.717, 1.165) is 6.42 Å². The molecule has 0 amide bonds. The van der Waals surface area contributed by atoms with E-state index >= 15 is 0 Å². The highest BCUT2D eigenvalue weighted by Crippen LogP contribution is 2.29. The Hall–Kier alpha value is -1.51. The lowest BCUT2D eigenvalue weighted by Crippen LogP contribution is -2.42. The van der Waals surface area contributed by atoms with E-state index in [1.54, 1.807) is 6.07 Å². The van der Waals surface area contributed by atoms with Gasteiger partial charge in [-0.1, -0.05) is 26.7 Å². The molecule has 0 bridgehead atoms. The molecule has 1 aromatic heterocycles. The van der Waals surface area contributed by atoms with Crippen LogP contribution in [0.25, 0.3) is 10.9 Å². The van der Waals surface area contributed by atoms with Crippen molar-refractivity contribution in [3.8, 4) is 0 Å². The Morgan fingerprint density at radius 2 is 1.83 bits per heavy atom. The molecule has 6 nitrogen and oxygen atoms in total. The Morgan fingerprint density at radius 3 is 2.42 bits per heavy atom. The minimum absolute atomic E-state index is 0.00287. The van der Waals surface area contributed by atoms with Crippen LogP contribution in [0.4, 0.5) is 0 Å². The molecular formula is C16H20N2O4S2. The highest BCUT2D eigenvalue weighted by Gasteiger charge is 2.32. The average Bonchev–Trinajstić information content (AvgIpc) is 2.83. The summed E-state index contributed by atoms with van der Waals surface area (Å²) in [6, 6.07) is 6.07. The van der Waals surface area contributed by atoms with Crippen LogP contribution in [0.5, 0.6) is 0 Å². The highest BCUT2D eigenvalue weighted by molar-refractivity contribution is 7.89. The molecule has 1 saturated heterocycles. The molecule has 1 aliphatic heterocycles. The second kappa shape index (κ2) is 6.09. The molecule has 0 spiro atoms. The Morgan fingerprint density at radius 1 is 1.21 bits per heavy atom. The first-order valence-corrected chi connectivity index (χ1v) is 9.62. The van der Waals surface area contributed by atoms with Crippen molar-refractivity contribution in [2.75, 3.05) is 13.1 Å². The van der Waals surface area contributed by atoms with Crippen molar-refractivity contribution in [1.29, 1.82) is 0 Å². The summed E-state index contributed by atoms with van der Waals surface area (Å²) >= 11 is 4.16. The van der Waals surface area contributed by atoms with Crippen LogP contribution in [0.3, 0.4) is 0 Å². The summed E-state index contributed by atoms with van der Waals surface area (Å²) in [5.41, 5.74) is 0.568. The van der Waals surface area contributed by atoms with Gasteiger partial charge in [0.15, 0.2) is 0 Å². The summed E-state index contributed by atoms with van der Waals surface area (Å²) in [6.45, 7) is 5.14. The molecule has 0 saturated carbocycles. The number of rotatable bonds is 3. The fourth-order valence-corrected chi connectivity index (χ4v) is 5.48. The topological polar surface area (TPSA) is 79.6 Å². The van der Waals surface area contributed by atoms with Crippen LogP contribution in [0.15, 0.2) is 29.2 Å². The Labute approximate surface area is 146 Å². The summed E-state index contributed by atoms with van der Waals surface area (Å²) in [5, 5.41) is 9.70. The second-order valence-corrected chi connectivity index (χ2v) is 8.97. The lowest BCUT2D eigenvalue weighted by molar-refractivity contribution is 0.0690. The van der Waals surface area contributed by atoms with Gasteiger partial charge in [0.05, 0.1) is 10.4 Å². The third kappa shape index (κ3) is 2.94. The smallest absolute Gasteiger partial charge is 0.353 e. The van der Waals surface area contributed by atoms with Crippen molar-refractivity contribution in [1.82, 2.24) is 8.28 Å². The molecular weight excluding hydrogens is 348 g/mol. The number of thiol groups is 1. The number of nitrogens with zero attached hydrogens (tertiary/aromatic N) is 2. The maximum atomic E-state index is 12.9. The molecule has 1 N–H and O–H groups in total. The summed E-state index contributed by atoms with van der Waals surface area (Å²) in [5.74, 6) is -0.460. The number of carboxylic acids is 1. The van der Waals surface area contributed by atoms with Gasteiger partial charge in [-0.15, -0.1) is 0 Å². The molecule has 2 unspecified atom stereocenters. The number of fused-ring (bicyclic) bond motifs is 1. The van der Waals surface area contributed by atoms with Gasteiger partial charge in [-0.25, -0.2) is 13.2 Å². The first kappa shape index (κ1) is 17.3. The van der Waals surface area contributed by atoms with E-state index in [0.29, 0.717) is 35.8 Å². The number of sulfonamides is 1. The number of carboxylic acid groups (broad SMARTS) is 1. The van der Waals surface area contributed by atoms with Gasteiger partial charge in [0.1, 0.15) is 5.69 Å². The summed E-state index contributed by atoms with van der Waals surface area (Å²) < 4.78 is 28.6. The SMILES string of the molecule is CC1CC(C)CN(S(=O)(=O)c2ccc3c(c2)cc(C(=O)O)n3S)C1. The predicted molar refractivity (Wildman–Crippen MR) is 95.0 cm³/mol. The quantitative estimate of drug-likeness (QED) is 0.817. The van der Waals surface area contributed by atoms with Crippen LogP contribution in [0.2, 0.25) is 0 Å². The van der Waals surface area contributed by atoms with Gasteiger partial charge in [-0.05, 0) is 42.5 Å². The van der Waals surface area contributed by atoms with E-state index < -0.39 is 16.0 Å². The zero-order valence-corrected chi connectivity index (χ0v) is 15.2. The second-order valence-electron chi connectivity index (χ2n) is 6.64. The Balaban J connectivity index is 2.03. The van der Waals surface area contributed by atoms with Gasteiger partial charge >= 0.3 is 5.97 Å². The molecule has 2 aromatic rings. The van der Waals surface area contributed by atoms with Crippen molar-refractivity contribution in [3.05, 3.63) is 30.0 Å². The molecule has 24 heavy (non-hydrogen) atoms. The van der Waals surface area contributed by atoms with E-state index in [-0.39, 0.29) is 10.6 Å². The zero-order chi connectivity index (χ0) is 17.6. The minimum Gasteiger partial charge on any atom is -0.477 e. The molecule has 2 atom stereocenters. The van der Waals surface area contributed by atoms with Crippen LogP contribution in [0.1, 0.15) is 30.8 Å². The lowest BCUT2D eigenvalue weighted by Gasteiger charge is -2.34. The third-order valence-electron chi connectivity index (χ3n) is 4.44. The van der Waals surface area contributed by atoms with Gasteiger partial charge in [0.2, 0.25) is 10.0 Å². The average molecular weight is 368 g/mol.